The van der Waals surface area contributed by atoms with Crippen molar-refractivity contribution < 1.29 is 4.79 Å². The Hall–Kier alpha value is -1.61. The van der Waals surface area contributed by atoms with Crippen molar-refractivity contribution in [1.82, 2.24) is 10.3 Å². The lowest BCUT2D eigenvalue weighted by atomic mass is 10.3. The number of nitrogens with two attached hydrogens (primary N) is 1. The van der Waals surface area contributed by atoms with Crippen LogP contribution >= 0.6 is 11.3 Å². The molecule has 3 N–H and O–H groups in total. The molecule has 1 heterocycles. The van der Waals surface area contributed by atoms with Gasteiger partial charge in [-0.1, -0.05) is 11.3 Å². The Morgan fingerprint density at radius 1 is 1.73 bits per heavy atom. The third-order valence-corrected chi connectivity index (χ3v) is 2.76. The minimum Gasteiger partial charge on any atom is -0.375 e. The zero-order chi connectivity index (χ0) is 11.3. The number of amides is 1. The highest BCUT2D eigenvalue weighted by molar-refractivity contribution is 7.17. The largest absolute Gasteiger partial charge is 0.375 e. The van der Waals surface area contributed by atoms with Crippen LogP contribution in [0.15, 0.2) is 0 Å². The number of nitriles is 1. The summed E-state index contributed by atoms with van der Waals surface area (Å²) in [6.07, 6.45) is 1.11. The van der Waals surface area contributed by atoms with Crippen LogP contribution in [0.4, 0.5) is 5.13 Å². The number of unbranched alkanes of at least 4 members (excludes halogenated alkanes) is 1. The highest BCUT2D eigenvalue weighted by Gasteiger charge is 2.12. The molecule has 0 bridgehead atoms. The molecule has 15 heavy (non-hydrogen) atoms. The van der Waals surface area contributed by atoms with Crippen LogP contribution < -0.4 is 11.1 Å². The smallest absolute Gasteiger partial charge is 0.263 e. The highest BCUT2D eigenvalue weighted by atomic mass is 32.1. The lowest BCUT2D eigenvalue weighted by Crippen LogP contribution is -2.24. The maximum Gasteiger partial charge on any atom is 0.263 e. The third-order valence-electron chi connectivity index (χ3n) is 1.77. The molecule has 80 valence electrons. The lowest BCUT2D eigenvalue weighted by Gasteiger charge is -2.01. The molecule has 0 saturated heterocycles. The Kier molecular flexibility index (Phi) is 4.06. The molecule has 0 aromatic carbocycles. The van der Waals surface area contributed by atoms with Gasteiger partial charge in [0.05, 0.1) is 11.8 Å². The summed E-state index contributed by atoms with van der Waals surface area (Å²) < 4.78 is 0. The second-order valence-electron chi connectivity index (χ2n) is 2.98. The van der Waals surface area contributed by atoms with Crippen LogP contribution in [0, 0.1) is 18.3 Å². The Balaban J connectivity index is 2.48. The van der Waals surface area contributed by atoms with Gasteiger partial charge in [0, 0.05) is 13.0 Å². The second kappa shape index (κ2) is 5.32. The zero-order valence-electron chi connectivity index (χ0n) is 8.41. The second-order valence-corrected chi connectivity index (χ2v) is 4.01. The molecule has 0 atom stereocenters. The molecule has 0 radical (unpaired) electrons. The van der Waals surface area contributed by atoms with E-state index in [2.05, 4.69) is 10.3 Å². The van der Waals surface area contributed by atoms with Gasteiger partial charge in [0.1, 0.15) is 4.88 Å². The highest BCUT2D eigenvalue weighted by Crippen LogP contribution is 2.19. The molecule has 1 aromatic rings. The summed E-state index contributed by atoms with van der Waals surface area (Å²) >= 11 is 1.18. The number of aryl methyl sites for hydroxylation is 1. The van der Waals surface area contributed by atoms with Crippen LogP contribution in [-0.4, -0.2) is 17.4 Å². The zero-order valence-corrected chi connectivity index (χ0v) is 9.23. The van der Waals surface area contributed by atoms with E-state index in [4.69, 9.17) is 11.0 Å². The van der Waals surface area contributed by atoms with Crippen molar-refractivity contribution >= 4 is 22.4 Å². The van der Waals surface area contributed by atoms with Gasteiger partial charge in [0.25, 0.3) is 5.91 Å². The first kappa shape index (κ1) is 11.5. The first-order valence-corrected chi connectivity index (χ1v) is 5.35. The average molecular weight is 224 g/mol. The molecule has 5 nitrogen and oxygen atoms in total. The predicted octanol–water partition coefficient (Wildman–Crippen LogP) is 1.07. The quantitative estimate of drug-likeness (QED) is 0.748. The van der Waals surface area contributed by atoms with E-state index in [1.165, 1.54) is 11.3 Å². The molecule has 1 rings (SSSR count). The Morgan fingerprint density at radius 2 is 2.47 bits per heavy atom. The molecule has 0 aliphatic heterocycles. The Morgan fingerprint density at radius 3 is 3.00 bits per heavy atom. The number of thiazole rings is 1. The van der Waals surface area contributed by atoms with E-state index in [9.17, 15) is 4.79 Å². The number of hydrogen-bond acceptors (Lipinski definition) is 5. The summed E-state index contributed by atoms with van der Waals surface area (Å²) in [6.45, 7) is 2.25. The summed E-state index contributed by atoms with van der Waals surface area (Å²) in [4.78, 5) is 16.1. The number of nitrogens with one attached hydrogen (secondary N) is 1. The number of aromatic nitrogens is 1. The van der Waals surface area contributed by atoms with Gasteiger partial charge in [-0.3, -0.25) is 4.79 Å². The maximum atomic E-state index is 11.6. The van der Waals surface area contributed by atoms with E-state index in [0.29, 0.717) is 35.1 Å². The topological polar surface area (TPSA) is 91.8 Å². The van der Waals surface area contributed by atoms with E-state index in [1.807, 2.05) is 6.07 Å². The number of nitrogen functional groups attached to an aromatic ring is 1. The number of nitrogens with zero attached hydrogens (tertiary/aromatic N) is 2. The van der Waals surface area contributed by atoms with Gasteiger partial charge in [-0.2, -0.15) is 5.26 Å². The fraction of sp³-hybridized carbons (Fsp3) is 0.444. The average Bonchev–Trinajstić information content (AvgIpc) is 2.52. The Bertz CT molecular complexity index is 393. The minimum atomic E-state index is -0.167. The molecule has 0 spiro atoms. The van der Waals surface area contributed by atoms with Gasteiger partial charge in [0.15, 0.2) is 5.13 Å². The van der Waals surface area contributed by atoms with E-state index < -0.39 is 0 Å². The molecule has 0 aliphatic rings. The fourth-order valence-electron chi connectivity index (χ4n) is 1.08. The summed E-state index contributed by atoms with van der Waals surface area (Å²) in [5.41, 5.74) is 6.13. The van der Waals surface area contributed by atoms with Crippen LogP contribution in [0.1, 0.15) is 28.2 Å². The minimum absolute atomic E-state index is 0.167. The number of carbonyl (C=O) groups excluding carboxylic acids is 1. The molecule has 0 aliphatic carbocycles. The summed E-state index contributed by atoms with van der Waals surface area (Å²) in [6, 6.07) is 2.02. The standard InChI is InChI=1S/C9H12N4OS/c1-6-7(15-9(11)13-6)8(14)12-5-3-2-4-10/h2-3,5H2,1H3,(H2,11,13)(H,12,14). The maximum absolute atomic E-state index is 11.6. The van der Waals surface area contributed by atoms with Gasteiger partial charge in [-0.25, -0.2) is 4.98 Å². The van der Waals surface area contributed by atoms with Gasteiger partial charge < -0.3 is 11.1 Å². The van der Waals surface area contributed by atoms with E-state index in [-0.39, 0.29) is 5.91 Å². The van der Waals surface area contributed by atoms with Crippen molar-refractivity contribution in [1.29, 1.82) is 5.26 Å². The van der Waals surface area contributed by atoms with E-state index in [0.717, 1.165) is 0 Å². The third kappa shape index (κ3) is 3.22. The molecular weight excluding hydrogens is 212 g/mol. The van der Waals surface area contributed by atoms with Crippen molar-refractivity contribution in [2.45, 2.75) is 19.8 Å². The van der Waals surface area contributed by atoms with Crippen LogP contribution in [0.2, 0.25) is 0 Å². The normalized spacial score (nSPS) is 9.60. The molecule has 1 amide bonds. The van der Waals surface area contributed by atoms with Crippen LogP contribution in [0.3, 0.4) is 0 Å². The SMILES string of the molecule is Cc1nc(N)sc1C(=O)NCCCC#N. The first-order valence-electron chi connectivity index (χ1n) is 4.53. The first-order chi connectivity index (χ1) is 7.15. The molecule has 1 aromatic heterocycles. The molecule has 0 unspecified atom stereocenters. The van der Waals surface area contributed by atoms with Gasteiger partial charge in [-0.15, -0.1) is 0 Å². The predicted molar refractivity (Wildman–Crippen MR) is 58.4 cm³/mol. The lowest BCUT2D eigenvalue weighted by molar-refractivity contribution is 0.0956. The van der Waals surface area contributed by atoms with Crippen molar-refractivity contribution in [3.8, 4) is 6.07 Å². The van der Waals surface area contributed by atoms with E-state index >= 15 is 0 Å². The molecular formula is C9H12N4OS. The van der Waals surface area contributed by atoms with Crippen molar-refractivity contribution in [3.63, 3.8) is 0 Å². The van der Waals surface area contributed by atoms with Crippen molar-refractivity contribution in [3.05, 3.63) is 10.6 Å². The van der Waals surface area contributed by atoms with Gasteiger partial charge in [-0.05, 0) is 13.3 Å². The number of anilines is 1. The molecule has 0 fully saturated rings. The summed E-state index contributed by atoms with van der Waals surface area (Å²) in [5.74, 6) is -0.167. The molecule has 0 saturated carbocycles. The summed E-state index contributed by atoms with van der Waals surface area (Å²) in [5, 5.41) is 11.4. The van der Waals surface area contributed by atoms with Crippen LogP contribution in [-0.2, 0) is 0 Å². The summed E-state index contributed by atoms with van der Waals surface area (Å²) in [7, 11) is 0. The monoisotopic (exact) mass is 224 g/mol. The van der Waals surface area contributed by atoms with Crippen molar-refractivity contribution in [2.75, 3.05) is 12.3 Å². The van der Waals surface area contributed by atoms with Crippen molar-refractivity contribution in [2.24, 2.45) is 0 Å². The number of hydrogen-bond donors (Lipinski definition) is 2. The van der Waals surface area contributed by atoms with E-state index in [1.54, 1.807) is 6.92 Å². The number of carbonyl (C=O) groups is 1. The number of rotatable bonds is 4. The van der Waals surface area contributed by atoms with Crippen LogP contribution in [0.5, 0.6) is 0 Å². The van der Waals surface area contributed by atoms with Gasteiger partial charge >= 0.3 is 0 Å². The Labute approximate surface area is 91.9 Å². The van der Waals surface area contributed by atoms with Crippen LogP contribution in [0.25, 0.3) is 0 Å². The molecule has 6 heteroatoms. The fourth-order valence-corrected chi connectivity index (χ4v) is 1.83. The van der Waals surface area contributed by atoms with Gasteiger partial charge in [0.2, 0.25) is 0 Å².